The Morgan fingerprint density at radius 1 is 1.14 bits per heavy atom. The molecule has 3 atom stereocenters. The van der Waals surface area contributed by atoms with E-state index in [0.29, 0.717) is 31.0 Å². The number of imide groups is 1. The van der Waals surface area contributed by atoms with E-state index in [1.165, 1.54) is 12.8 Å². The van der Waals surface area contributed by atoms with Crippen molar-refractivity contribution in [3.63, 3.8) is 0 Å². The number of amides is 2. The van der Waals surface area contributed by atoms with Gasteiger partial charge in [0, 0.05) is 32.0 Å². The first-order chi connectivity index (χ1) is 17.0. The van der Waals surface area contributed by atoms with Crippen LogP contribution in [0.5, 0.6) is 0 Å². The number of oxazole rings is 1. The first-order valence-corrected chi connectivity index (χ1v) is 12.4. The van der Waals surface area contributed by atoms with Gasteiger partial charge in [-0.1, -0.05) is 12.1 Å². The molecule has 2 aromatic heterocycles. The highest BCUT2D eigenvalue weighted by atomic mass is 16.6. The van der Waals surface area contributed by atoms with Crippen LogP contribution in [0.4, 0.5) is 0 Å². The molecule has 180 valence electrons. The van der Waals surface area contributed by atoms with Crippen LogP contribution in [0.1, 0.15) is 54.4 Å². The number of pyridine rings is 1. The smallest absolute Gasteiger partial charge is 0.247 e. The minimum absolute atomic E-state index is 0.0312. The van der Waals surface area contributed by atoms with Crippen molar-refractivity contribution in [3.05, 3.63) is 46.8 Å². The molecular formula is C26H27N5O4. The normalized spacial score (nSPS) is 26.6. The summed E-state index contributed by atoms with van der Waals surface area (Å²) in [6.45, 7) is 5.50. The van der Waals surface area contributed by atoms with Crippen molar-refractivity contribution in [2.75, 3.05) is 13.1 Å². The fourth-order valence-corrected chi connectivity index (χ4v) is 5.86. The van der Waals surface area contributed by atoms with Crippen LogP contribution in [0.15, 0.2) is 28.7 Å². The van der Waals surface area contributed by atoms with Crippen molar-refractivity contribution < 1.29 is 18.7 Å². The minimum atomic E-state index is -0.349. The molecule has 1 N–H and O–H groups in total. The minimum Gasteiger partial charge on any atom is -0.423 e. The molecule has 0 bridgehead atoms. The molecule has 3 aromatic rings. The lowest BCUT2D eigenvalue weighted by atomic mass is 9.93. The van der Waals surface area contributed by atoms with Crippen LogP contribution in [0.3, 0.4) is 0 Å². The van der Waals surface area contributed by atoms with Crippen LogP contribution in [0.2, 0.25) is 0 Å². The lowest BCUT2D eigenvalue weighted by Gasteiger charge is -2.34. The molecule has 7 rings (SSSR count). The van der Waals surface area contributed by atoms with Gasteiger partial charge in [-0.2, -0.15) is 0 Å². The first-order valence-electron chi connectivity index (χ1n) is 12.4. The second-order valence-corrected chi connectivity index (χ2v) is 10.0. The van der Waals surface area contributed by atoms with E-state index in [4.69, 9.17) is 14.1 Å². The van der Waals surface area contributed by atoms with Crippen LogP contribution < -0.4 is 5.32 Å². The maximum Gasteiger partial charge on any atom is 0.247 e. The maximum absolute atomic E-state index is 12.5. The zero-order chi connectivity index (χ0) is 23.7. The second kappa shape index (κ2) is 7.94. The number of aryl methyl sites for hydroxylation is 1. The quantitative estimate of drug-likeness (QED) is 0.456. The van der Waals surface area contributed by atoms with Gasteiger partial charge in [-0.05, 0) is 61.2 Å². The molecule has 35 heavy (non-hydrogen) atoms. The number of aromatic nitrogens is 2. The van der Waals surface area contributed by atoms with Crippen molar-refractivity contribution >= 4 is 23.0 Å². The van der Waals surface area contributed by atoms with E-state index in [9.17, 15) is 9.59 Å². The second-order valence-electron chi connectivity index (χ2n) is 10.0. The number of nitrogens with zero attached hydrogens (tertiary/aromatic N) is 4. The van der Waals surface area contributed by atoms with Gasteiger partial charge in [0.05, 0.1) is 11.7 Å². The van der Waals surface area contributed by atoms with Gasteiger partial charge in [0.15, 0.2) is 5.89 Å². The van der Waals surface area contributed by atoms with Crippen molar-refractivity contribution in [1.82, 2.24) is 25.1 Å². The monoisotopic (exact) mass is 473 g/mol. The summed E-state index contributed by atoms with van der Waals surface area (Å²) in [4.78, 5) is 38.1. The predicted octanol–water partition coefficient (Wildman–Crippen LogP) is 2.81. The highest BCUT2D eigenvalue weighted by Crippen LogP contribution is 2.49. The van der Waals surface area contributed by atoms with Gasteiger partial charge >= 0.3 is 0 Å². The summed E-state index contributed by atoms with van der Waals surface area (Å²) in [6.07, 6.45) is 3.22. The van der Waals surface area contributed by atoms with Crippen molar-refractivity contribution in [2.24, 2.45) is 0 Å². The van der Waals surface area contributed by atoms with E-state index in [1.54, 1.807) is 0 Å². The van der Waals surface area contributed by atoms with E-state index in [-0.39, 0.29) is 30.2 Å². The molecule has 0 saturated carbocycles. The zero-order valence-electron chi connectivity index (χ0n) is 19.6. The topological polar surface area (TPSA) is 104 Å². The number of carbonyl (C=O) groups is 2. The summed E-state index contributed by atoms with van der Waals surface area (Å²) in [6, 6.07) is 8.16. The first kappa shape index (κ1) is 21.2. The summed E-state index contributed by atoms with van der Waals surface area (Å²) >= 11 is 0. The number of fused-ring (bicyclic) bond motifs is 4. The number of likely N-dealkylation sites (tertiary alicyclic amines) is 1. The summed E-state index contributed by atoms with van der Waals surface area (Å²) in [7, 11) is 0. The summed E-state index contributed by atoms with van der Waals surface area (Å²) < 4.78 is 11.8. The average Bonchev–Trinajstić information content (AvgIpc) is 3.30. The number of hydrogen-bond donors (Lipinski definition) is 1. The Hall–Kier alpha value is -3.14. The molecule has 3 unspecified atom stereocenters. The average molecular weight is 474 g/mol. The van der Waals surface area contributed by atoms with Crippen LogP contribution >= 0.6 is 0 Å². The van der Waals surface area contributed by atoms with Crippen molar-refractivity contribution in [1.29, 1.82) is 0 Å². The van der Waals surface area contributed by atoms with E-state index in [1.807, 2.05) is 6.92 Å². The van der Waals surface area contributed by atoms with Gasteiger partial charge in [0.25, 0.3) is 0 Å². The van der Waals surface area contributed by atoms with Gasteiger partial charge in [0.2, 0.25) is 17.5 Å². The van der Waals surface area contributed by atoms with Gasteiger partial charge in [0.1, 0.15) is 17.8 Å². The van der Waals surface area contributed by atoms with Crippen molar-refractivity contribution in [2.45, 2.75) is 64.1 Å². The highest BCUT2D eigenvalue weighted by molar-refractivity contribution is 6.00. The molecule has 4 aliphatic rings. The van der Waals surface area contributed by atoms with Crippen molar-refractivity contribution in [3.8, 4) is 11.3 Å². The number of epoxide rings is 1. The van der Waals surface area contributed by atoms with E-state index in [2.05, 4.69) is 44.4 Å². The molecule has 6 heterocycles. The zero-order valence-corrected chi connectivity index (χ0v) is 19.6. The molecule has 3 saturated heterocycles. The SMILES string of the molecule is Cc1nc2c(CN3CCCC3)cc(-c3ccc4c(c3)CN(C3CCC(=O)NC3=O)C3OC43)nc2o1. The molecule has 9 nitrogen and oxygen atoms in total. The fourth-order valence-electron chi connectivity index (χ4n) is 5.86. The predicted molar refractivity (Wildman–Crippen MR) is 126 cm³/mol. The third-order valence-corrected chi connectivity index (χ3v) is 7.65. The Balaban J connectivity index is 1.23. The Morgan fingerprint density at radius 3 is 2.83 bits per heavy atom. The molecule has 0 spiro atoms. The van der Waals surface area contributed by atoms with Crippen LogP contribution in [-0.2, 0) is 27.4 Å². The molecule has 9 heteroatoms. The number of benzene rings is 1. The third kappa shape index (κ3) is 3.65. The molecular weight excluding hydrogens is 446 g/mol. The number of nitrogens with one attached hydrogen (secondary N) is 1. The van der Waals surface area contributed by atoms with E-state index < -0.39 is 0 Å². The Bertz CT molecular complexity index is 1360. The number of rotatable bonds is 4. The Labute approximate surface area is 202 Å². The lowest BCUT2D eigenvalue weighted by molar-refractivity contribution is -0.138. The lowest BCUT2D eigenvalue weighted by Crippen LogP contribution is -2.53. The van der Waals surface area contributed by atoms with Gasteiger partial charge in [-0.15, -0.1) is 0 Å². The maximum atomic E-state index is 12.5. The molecule has 0 radical (unpaired) electrons. The van der Waals surface area contributed by atoms with Crippen LogP contribution in [0, 0.1) is 6.92 Å². The molecule has 1 aromatic carbocycles. The standard InChI is InChI=1S/C26H27N5O4/c1-14-27-22-17(12-30-8-2-3-9-30)11-19(28-25(22)34-14)15-4-5-18-16(10-15)13-31(26-23(18)35-26)20-6-7-21(32)29-24(20)33/h4-5,10-11,20,23,26H,2-3,6-9,12-13H2,1H3,(H,29,32,33). The van der Waals surface area contributed by atoms with E-state index >= 15 is 0 Å². The summed E-state index contributed by atoms with van der Waals surface area (Å²) in [5.74, 6) is 0.192. The molecule has 4 aliphatic heterocycles. The van der Waals surface area contributed by atoms with Crippen LogP contribution in [0.25, 0.3) is 22.5 Å². The summed E-state index contributed by atoms with van der Waals surface area (Å²) in [5, 5.41) is 2.48. The van der Waals surface area contributed by atoms with Gasteiger partial charge in [-0.25, -0.2) is 9.97 Å². The number of hydrogen-bond acceptors (Lipinski definition) is 8. The molecule has 0 aliphatic carbocycles. The highest BCUT2D eigenvalue weighted by Gasteiger charge is 2.53. The molecule has 3 fully saturated rings. The number of carbonyl (C=O) groups excluding carboxylic acids is 2. The van der Waals surface area contributed by atoms with E-state index in [0.717, 1.165) is 53.1 Å². The summed E-state index contributed by atoms with van der Waals surface area (Å²) in [5.41, 5.74) is 6.70. The van der Waals surface area contributed by atoms with Crippen LogP contribution in [-0.4, -0.2) is 56.9 Å². The number of piperidine rings is 1. The Kier molecular flexibility index (Phi) is 4.80. The third-order valence-electron chi connectivity index (χ3n) is 7.65. The number of ether oxygens (including phenoxy) is 1. The Morgan fingerprint density at radius 2 is 2.00 bits per heavy atom. The molecule has 2 amide bonds. The van der Waals surface area contributed by atoms with Gasteiger partial charge < -0.3 is 9.15 Å². The fraction of sp³-hybridized carbons (Fsp3) is 0.462. The van der Waals surface area contributed by atoms with Gasteiger partial charge in [-0.3, -0.25) is 24.7 Å². The largest absolute Gasteiger partial charge is 0.423 e.